The van der Waals surface area contributed by atoms with Gasteiger partial charge >= 0.3 is 5.97 Å². The molecule has 2 heterocycles. The van der Waals surface area contributed by atoms with Gasteiger partial charge in [-0.05, 0) is 36.6 Å². The molecule has 3 rings (SSSR count). The van der Waals surface area contributed by atoms with E-state index in [2.05, 4.69) is 48.9 Å². The van der Waals surface area contributed by atoms with Crippen molar-refractivity contribution in [2.45, 2.75) is 13.5 Å². The van der Waals surface area contributed by atoms with Crippen LogP contribution in [0, 0.1) is 0 Å². The van der Waals surface area contributed by atoms with Crippen molar-refractivity contribution in [1.82, 2.24) is 14.8 Å². The van der Waals surface area contributed by atoms with E-state index in [-0.39, 0.29) is 0 Å². The monoisotopic (exact) mass is 347 g/mol. The van der Waals surface area contributed by atoms with Crippen LogP contribution in [0.5, 0.6) is 0 Å². The number of carbonyl (C=O) groups is 1. The number of nitrogens with one attached hydrogen (secondary N) is 1. The Morgan fingerprint density at radius 3 is 3.05 bits per heavy atom. The van der Waals surface area contributed by atoms with Crippen molar-refractivity contribution >= 4 is 32.8 Å². The maximum Gasteiger partial charge on any atom is 0.358 e. The summed E-state index contributed by atoms with van der Waals surface area (Å²) in [5.74, 6) is -0.403. The van der Waals surface area contributed by atoms with Gasteiger partial charge in [-0.3, -0.25) is 5.10 Å². The summed E-state index contributed by atoms with van der Waals surface area (Å²) in [5, 5.41) is 8.04. The van der Waals surface area contributed by atoms with Gasteiger partial charge in [0.2, 0.25) is 0 Å². The standard InChI is InChI=1S/C15H14BrN3O2/c1-2-21-15(20)13-8-12(17-18-13)9-19-6-5-10-3-4-11(16)7-14(10)19/h3-8H,2,9H2,1H3,(H,17,18). The fourth-order valence-electron chi connectivity index (χ4n) is 2.23. The van der Waals surface area contributed by atoms with E-state index in [1.807, 2.05) is 12.3 Å². The lowest BCUT2D eigenvalue weighted by Crippen LogP contribution is -2.04. The molecule has 0 fully saturated rings. The molecule has 0 spiro atoms. The number of H-pyrrole nitrogens is 1. The van der Waals surface area contributed by atoms with Crippen LogP contribution in [0.4, 0.5) is 0 Å². The number of ether oxygens (including phenoxy) is 1. The minimum Gasteiger partial charge on any atom is -0.461 e. The average Bonchev–Trinajstić information content (AvgIpc) is 3.07. The molecule has 0 bridgehead atoms. The maximum atomic E-state index is 11.6. The molecule has 0 saturated heterocycles. The summed E-state index contributed by atoms with van der Waals surface area (Å²) in [5.41, 5.74) is 2.29. The van der Waals surface area contributed by atoms with Crippen LogP contribution in [0.15, 0.2) is 41.0 Å². The van der Waals surface area contributed by atoms with Crippen LogP contribution < -0.4 is 0 Å². The van der Waals surface area contributed by atoms with E-state index in [0.717, 1.165) is 15.7 Å². The Labute approximate surface area is 130 Å². The second kappa shape index (κ2) is 5.73. The fourth-order valence-corrected chi connectivity index (χ4v) is 2.58. The molecule has 0 atom stereocenters. The number of fused-ring (bicyclic) bond motifs is 1. The van der Waals surface area contributed by atoms with Gasteiger partial charge in [-0.2, -0.15) is 5.10 Å². The minimum atomic E-state index is -0.403. The first-order valence-electron chi connectivity index (χ1n) is 6.63. The second-order valence-electron chi connectivity index (χ2n) is 4.65. The number of carbonyl (C=O) groups excluding carboxylic acids is 1. The van der Waals surface area contributed by atoms with Crippen LogP contribution in [0.1, 0.15) is 23.1 Å². The number of aromatic nitrogens is 3. The summed E-state index contributed by atoms with van der Waals surface area (Å²) < 4.78 is 8.06. The van der Waals surface area contributed by atoms with Crippen LogP contribution >= 0.6 is 15.9 Å². The molecule has 0 unspecified atom stereocenters. The van der Waals surface area contributed by atoms with Crippen molar-refractivity contribution in [2.24, 2.45) is 0 Å². The van der Waals surface area contributed by atoms with Gasteiger partial charge in [0.05, 0.1) is 18.8 Å². The van der Waals surface area contributed by atoms with Gasteiger partial charge in [-0.25, -0.2) is 4.79 Å². The number of benzene rings is 1. The van der Waals surface area contributed by atoms with Crippen LogP contribution in [0.3, 0.4) is 0 Å². The van der Waals surface area contributed by atoms with E-state index in [1.54, 1.807) is 13.0 Å². The Hall–Kier alpha value is -2.08. The molecular formula is C15H14BrN3O2. The van der Waals surface area contributed by atoms with Crippen molar-refractivity contribution < 1.29 is 9.53 Å². The molecule has 0 radical (unpaired) electrons. The van der Waals surface area contributed by atoms with Gasteiger partial charge in [0.1, 0.15) is 0 Å². The number of hydrogen-bond donors (Lipinski definition) is 1. The first kappa shape index (κ1) is 13.9. The van der Waals surface area contributed by atoms with E-state index in [9.17, 15) is 4.79 Å². The first-order valence-corrected chi connectivity index (χ1v) is 7.42. The van der Waals surface area contributed by atoms with Crippen molar-refractivity contribution in [3.8, 4) is 0 Å². The zero-order valence-electron chi connectivity index (χ0n) is 11.5. The highest BCUT2D eigenvalue weighted by atomic mass is 79.9. The van der Waals surface area contributed by atoms with E-state index >= 15 is 0 Å². The van der Waals surface area contributed by atoms with Crippen molar-refractivity contribution in [3.63, 3.8) is 0 Å². The van der Waals surface area contributed by atoms with Gasteiger partial charge in [-0.1, -0.05) is 22.0 Å². The third-order valence-electron chi connectivity index (χ3n) is 3.19. The molecule has 1 aromatic carbocycles. The Morgan fingerprint density at radius 1 is 1.38 bits per heavy atom. The molecule has 108 valence electrons. The third-order valence-corrected chi connectivity index (χ3v) is 3.69. The number of hydrogen-bond acceptors (Lipinski definition) is 3. The number of nitrogens with zero attached hydrogens (tertiary/aromatic N) is 2. The maximum absolute atomic E-state index is 11.6. The Kier molecular flexibility index (Phi) is 3.79. The molecule has 6 heteroatoms. The molecule has 0 aliphatic heterocycles. The summed E-state index contributed by atoms with van der Waals surface area (Å²) in [6.07, 6.45) is 2.02. The van der Waals surface area contributed by atoms with Crippen LogP contribution in [-0.2, 0) is 11.3 Å². The van der Waals surface area contributed by atoms with Gasteiger partial charge < -0.3 is 9.30 Å². The van der Waals surface area contributed by atoms with E-state index < -0.39 is 5.97 Å². The molecule has 21 heavy (non-hydrogen) atoms. The number of esters is 1. The highest BCUT2D eigenvalue weighted by Crippen LogP contribution is 2.21. The van der Waals surface area contributed by atoms with Gasteiger partial charge in [-0.15, -0.1) is 0 Å². The summed E-state index contributed by atoms with van der Waals surface area (Å²) in [6.45, 7) is 2.74. The highest BCUT2D eigenvalue weighted by Gasteiger charge is 2.12. The average molecular weight is 348 g/mol. The summed E-state index contributed by atoms with van der Waals surface area (Å²) in [6, 6.07) is 9.93. The molecule has 2 aromatic heterocycles. The molecule has 3 aromatic rings. The SMILES string of the molecule is CCOC(=O)c1cc(Cn2ccc3ccc(Br)cc32)[nH]n1. The Balaban J connectivity index is 1.85. The molecule has 0 amide bonds. The topological polar surface area (TPSA) is 59.9 Å². The summed E-state index contributed by atoms with van der Waals surface area (Å²) in [7, 11) is 0. The van der Waals surface area contributed by atoms with Crippen LogP contribution in [0.2, 0.25) is 0 Å². The fraction of sp³-hybridized carbons (Fsp3) is 0.200. The van der Waals surface area contributed by atoms with E-state index in [4.69, 9.17) is 4.74 Å². The predicted octanol–water partition coefficient (Wildman–Crippen LogP) is 3.35. The first-order chi connectivity index (χ1) is 10.2. The summed E-state index contributed by atoms with van der Waals surface area (Å²) >= 11 is 3.48. The van der Waals surface area contributed by atoms with Gasteiger partial charge in [0.15, 0.2) is 5.69 Å². The molecule has 1 N–H and O–H groups in total. The van der Waals surface area contributed by atoms with Crippen molar-refractivity contribution in [2.75, 3.05) is 6.61 Å². The smallest absolute Gasteiger partial charge is 0.358 e. The molecule has 0 saturated carbocycles. The third kappa shape index (κ3) is 2.85. The number of aromatic amines is 1. The lowest BCUT2D eigenvalue weighted by Gasteiger charge is -2.03. The largest absolute Gasteiger partial charge is 0.461 e. The zero-order valence-corrected chi connectivity index (χ0v) is 13.1. The van der Waals surface area contributed by atoms with Crippen LogP contribution in [0.25, 0.3) is 10.9 Å². The van der Waals surface area contributed by atoms with E-state index in [1.165, 1.54) is 5.39 Å². The predicted molar refractivity (Wildman–Crippen MR) is 83.3 cm³/mol. The molecular weight excluding hydrogens is 334 g/mol. The van der Waals surface area contributed by atoms with Crippen molar-refractivity contribution in [3.05, 3.63) is 52.4 Å². The highest BCUT2D eigenvalue weighted by molar-refractivity contribution is 9.10. The second-order valence-corrected chi connectivity index (χ2v) is 5.56. The van der Waals surface area contributed by atoms with Gasteiger partial charge in [0.25, 0.3) is 0 Å². The Bertz CT molecular complexity index is 791. The van der Waals surface area contributed by atoms with Gasteiger partial charge in [0, 0.05) is 16.2 Å². The summed E-state index contributed by atoms with van der Waals surface area (Å²) in [4.78, 5) is 11.6. The minimum absolute atomic E-state index is 0.310. The zero-order chi connectivity index (χ0) is 14.8. The van der Waals surface area contributed by atoms with E-state index in [0.29, 0.717) is 18.8 Å². The lowest BCUT2D eigenvalue weighted by atomic mass is 10.2. The van der Waals surface area contributed by atoms with Crippen LogP contribution in [-0.4, -0.2) is 27.3 Å². The lowest BCUT2D eigenvalue weighted by molar-refractivity contribution is 0.0519. The number of halogens is 1. The molecule has 0 aliphatic rings. The van der Waals surface area contributed by atoms with Crippen molar-refractivity contribution in [1.29, 1.82) is 0 Å². The Morgan fingerprint density at radius 2 is 2.24 bits per heavy atom. The molecule has 5 nitrogen and oxygen atoms in total. The molecule has 0 aliphatic carbocycles. The normalized spacial score (nSPS) is 11.0. The number of rotatable bonds is 4. The quantitative estimate of drug-likeness (QED) is 0.736.